The molecule has 0 saturated heterocycles. The number of amides is 2. The first-order valence-electron chi connectivity index (χ1n) is 9.09. The zero-order valence-electron chi connectivity index (χ0n) is 15.9. The number of rotatable bonds is 6. The van der Waals surface area contributed by atoms with Crippen LogP contribution in [0.2, 0.25) is 0 Å². The van der Waals surface area contributed by atoms with Gasteiger partial charge in [-0.1, -0.05) is 48.9 Å². The van der Waals surface area contributed by atoms with E-state index in [9.17, 15) is 9.59 Å². The van der Waals surface area contributed by atoms with Crippen molar-refractivity contribution in [3.63, 3.8) is 0 Å². The van der Waals surface area contributed by atoms with E-state index in [0.717, 1.165) is 28.1 Å². The molecule has 0 radical (unpaired) electrons. The Morgan fingerprint density at radius 3 is 2.57 bits per heavy atom. The average Bonchev–Trinajstić information content (AvgIpc) is 3.21. The topological polar surface area (TPSA) is 58.2 Å². The fourth-order valence-electron chi connectivity index (χ4n) is 2.80. The second-order valence-corrected chi connectivity index (χ2v) is 7.34. The van der Waals surface area contributed by atoms with Crippen LogP contribution in [0, 0.1) is 6.92 Å². The van der Waals surface area contributed by atoms with E-state index in [0.29, 0.717) is 5.56 Å². The third-order valence-corrected chi connectivity index (χ3v) is 5.07. The van der Waals surface area contributed by atoms with Crippen LogP contribution in [0.25, 0.3) is 6.08 Å². The Balaban J connectivity index is 1.87. The average molecular weight is 391 g/mol. The fraction of sp³-hybridized carbons (Fsp3) is 0.130. The highest BCUT2D eigenvalue weighted by Crippen LogP contribution is 2.18. The van der Waals surface area contributed by atoms with Crippen molar-refractivity contribution in [3.8, 4) is 0 Å². The van der Waals surface area contributed by atoms with Crippen LogP contribution in [0.5, 0.6) is 0 Å². The van der Waals surface area contributed by atoms with Crippen molar-refractivity contribution in [2.24, 2.45) is 0 Å². The molecule has 0 aliphatic carbocycles. The number of hydrogen-bond donors (Lipinski definition) is 2. The number of hydrogen-bond acceptors (Lipinski definition) is 3. The number of nitrogens with one attached hydrogen (secondary N) is 2. The molecule has 0 saturated carbocycles. The highest BCUT2D eigenvalue weighted by molar-refractivity contribution is 7.10. The van der Waals surface area contributed by atoms with Crippen LogP contribution in [0.15, 0.2) is 71.7 Å². The van der Waals surface area contributed by atoms with Crippen LogP contribution in [0.4, 0.5) is 5.69 Å². The Hall–Kier alpha value is -3.18. The quantitative estimate of drug-likeness (QED) is 0.580. The van der Waals surface area contributed by atoms with Gasteiger partial charge in [-0.2, -0.15) is 0 Å². The summed E-state index contributed by atoms with van der Waals surface area (Å²) < 4.78 is 0. The number of benzene rings is 2. The number of aryl methyl sites for hydroxylation is 2. The molecular weight excluding hydrogens is 368 g/mol. The molecule has 0 fully saturated rings. The number of carbonyl (C=O) groups is 2. The van der Waals surface area contributed by atoms with E-state index in [-0.39, 0.29) is 17.5 Å². The molecular formula is C23H22N2O2S. The van der Waals surface area contributed by atoms with E-state index in [2.05, 4.69) is 10.6 Å². The molecule has 0 atom stereocenters. The van der Waals surface area contributed by atoms with Gasteiger partial charge in [-0.15, -0.1) is 11.3 Å². The summed E-state index contributed by atoms with van der Waals surface area (Å²) in [6.07, 6.45) is 2.50. The predicted molar refractivity (Wildman–Crippen MR) is 115 cm³/mol. The van der Waals surface area contributed by atoms with E-state index in [1.807, 2.05) is 67.8 Å². The van der Waals surface area contributed by atoms with Crippen LogP contribution in [-0.2, 0) is 11.2 Å². The number of carbonyl (C=O) groups excluding carboxylic acids is 2. The monoisotopic (exact) mass is 390 g/mol. The maximum atomic E-state index is 13.0. The molecule has 0 aliphatic heterocycles. The van der Waals surface area contributed by atoms with E-state index < -0.39 is 0 Å². The molecule has 1 aromatic heterocycles. The molecule has 3 aromatic rings. The van der Waals surface area contributed by atoms with Crippen LogP contribution < -0.4 is 10.6 Å². The molecule has 1 heterocycles. The van der Waals surface area contributed by atoms with Crippen molar-refractivity contribution in [2.45, 2.75) is 20.3 Å². The summed E-state index contributed by atoms with van der Waals surface area (Å²) in [5, 5.41) is 7.62. The zero-order chi connectivity index (χ0) is 19.9. The Morgan fingerprint density at radius 1 is 1.04 bits per heavy atom. The van der Waals surface area contributed by atoms with Crippen molar-refractivity contribution >= 4 is 34.9 Å². The summed E-state index contributed by atoms with van der Waals surface area (Å²) in [6.45, 7) is 3.96. The summed E-state index contributed by atoms with van der Waals surface area (Å²) in [5.41, 5.74) is 3.49. The summed E-state index contributed by atoms with van der Waals surface area (Å²) in [6, 6.07) is 18.7. The fourth-order valence-corrected chi connectivity index (χ4v) is 3.45. The van der Waals surface area contributed by atoms with E-state index in [4.69, 9.17) is 0 Å². The first kappa shape index (κ1) is 19.6. The third kappa shape index (κ3) is 4.96. The van der Waals surface area contributed by atoms with Crippen molar-refractivity contribution in [3.05, 3.63) is 93.3 Å². The molecule has 28 heavy (non-hydrogen) atoms. The minimum atomic E-state index is -0.352. The van der Waals surface area contributed by atoms with Crippen LogP contribution in [0.3, 0.4) is 0 Å². The summed E-state index contributed by atoms with van der Waals surface area (Å²) in [4.78, 5) is 26.5. The molecule has 2 amide bonds. The predicted octanol–water partition coefficient (Wildman–Crippen LogP) is 5.03. The van der Waals surface area contributed by atoms with Crippen molar-refractivity contribution in [1.29, 1.82) is 0 Å². The number of para-hydroxylation sites is 1. The molecule has 142 valence electrons. The van der Waals surface area contributed by atoms with Crippen LogP contribution in [0.1, 0.15) is 33.3 Å². The van der Waals surface area contributed by atoms with Gasteiger partial charge in [0.1, 0.15) is 5.70 Å². The molecule has 0 bridgehead atoms. The van der Waals surface area contributed by atoms with Gasteiger partial charge in [-0.3, -0.25) is 9.59 Å². The third-order valence-electron chi connectivity index (χ3n) is 4.25. The van der Waals surface area contributed by atoms with Gasteiger partial charge in [0.2, 0.25) is 0 Å². The Bertz CT molecular complexity index is 1010. The van der Waals surface area contributed by atoms with Gasteiger partial charge in [0.05, 0.1) is 0 Å². The molecule has 0 aliphatic rings. The minimum absolute atomic E-state index is 0.208. The summed E-state index contributed by atoms with van der Waals surface area (Å²) in [5.74, 6) is -0.666. The van der Waals surface area contributed by atoms with Gasteiger partial charge in [-0.25, -0.2) is 0 Å². The van der Waals surface area contributed by atoms with Gasteiger partial charge in [-0.05, 0) is 54.6 Å². The molecule has 5 heteroatoms. The normalized spacial score (nSPS) is 11.1. The molecule has 0 unspecified atom stereocenters. The molecule has 3 rings (SSSR count). The van der Waals surface area contributed by atoms with Crippen molar-refractivity contribution in [1.82, 2.24) is 5.32 Å². The number of thiophene rings is 1. The SMILES string of the molecule is CCc1ccccc1NC(=O)/C(=C/c1cccs1)NC(=O)c1cccc(C)c1. The van der Waals surface area contributed by atoms with Crippen LogP contribution in [-0.4, -0.2) is 11.8 Å². The van der Waals surface area contributed by atoms with Crippen LogP contribution >= 0.6 is 11.3 Å². The lowest BCUT2D eigenvalue weighted by Gasteiger charge is -2.13. The van der Waals surface area contributed by atoms with Gasteiger partial charge in [0.15, 0.2) is 0 Å². The summed E-state index contributed by atoms with van der Waals surface area (Å²) >= 11 is 1.50. The molecule has 4 nitrogen and oxygen atoms in total. The lowest BCUT2D eigenvalue weighted by molar-refractivity contribution is -0.113. The Morgan fingerprint density at radius 2 is 1.86 bits per heavy atom. The van der Waals surface area contributed by atoms with Gasteiger partial charge >= 0.3 is 0 Å². The lowest BCUT2D eigenvalue weighted by Crippen LogP contribution is -2.31. The van der Waals surface area contributed by atoms with E-state index >= 15 is 0 Å². The lowest BCUT2D eigenvalue weighted by atomic mass is 10.1. The second kappa shape index (κ2) is 9.15. The van der Waals surface area contributed by atoms with E-state index in [1.165, 1.54) is 11.3 Å². The smallest absolute Gasteiger partial charge is 0.272 e. The zero-order valence-corrected chi connectivity index (χ0v) is 16.7. The van der Waals surface area contributed by atoms with Crippen molar-refractivity contribution < 1.29 is 9.59 Å². The van der Waals surface area contributed by atoms with Gasteiger partial charge in [0.25, 0.3) is 11.8 Å². The maximum Gasteiger partial charge on any atom is 0.272 e. The molecule has 2 N–H and O–H groups in total. The summed E-state index contributed by atoms with van der Waals surface area (Å²) in [7, 11) is 0. The first-order valence-corrected chi connectivity index (χ1v) is 9.97. The number of anilines is 1. The van der Waals surface area contributed by atoms with Crippen molar-refractivity contribution in [2.75, 3.05) is 5.32 Å². The highest BCUT2D eigenvalue weighted by atomic mass is 32.1. The van der Waals surface area contributed by atoms with E-state index in [1.54, 1.807) is 18.2 Å². The maximum absolute atomic E-state index is 13.0. The molecule has 0 spiro atoms. The standard InChI is InChI=1S/C23H22N2O2S/c1-3-17-9-4-5-12-20(17)24-23(27)21(15-19-11-7-13-28-19)25-22(26)18-10-6-8-16(2)14-18/h4-15H,3H2,1-2H3,(H,24,27)(H,25,26)/b21-15-. The Kier molecular flexibility index (Phi) is 6.40. The first-order chi connectivity index (χ1) is 13.6. The van der Waals surface area contributed by atoms with Gasteiger partial charge in [0, 0.05) is 16.1 Å². The largest absolute Gasteiger partial charge is 0.320 e. The second-order valence-electron chi connectivity index (χ2n) is 6.36. The highest BCUT2D eigenvalue weighted by Gasteiger charge is 2.16. The minimum Gasteiger partial charge on any atom is -0.320 e. The Labute approximate surface area is 168 Å². The van der Waals surface area contributed by atoms with Gasteiger partial charge < -0.3 is 10.6 Å². The molecule has 2 aromatic carbocycles.